The van der Waals surface area contributed by atoms with Crippen molar-refractivity contribution < 1.29 is 14.3 Å². The van der Waals surface area contributed by atoms with Crippen molar-refractivity contribution in [3.05, 3.63) is 65.5 Å². The number of rotatable bonds is 7. The van der Waals surface area contributed by atoms with E-state index < -0.39 is 12.1 Å². The van der Waals surface area contributed by atoms with Crippen molar-refractivity contribution >= 4 is 34.1 Å². The lowest BCUT2D eigenvalue weighted by atomic mass is 10.0. The Morgan fingerprint density at radius 3 is 2.50 bits per heavy atom. The summed E-state index contributed by atoms with van der Waals surface area (Å²) in [5.41, 5.74) is 8.66. The van der Waals surface area contributed by atoms with E-state index in [1.807, 2.05) is 60.0 Å². The minimum absolute atomic E-state index is 0.0731. The van der Waals surface area contributed by atoms with Crippen molar-refractivity contribution in [2.75, 3.05) is 36.5 Å². The van der Waals surface area contributed by atoms with Gasteiger partial charge in [0.15, 0.2) is 5.13 Å². The van der Waals surface area contributed by atoms with E-state index >= 15 is 0 Å². The highest BCUT2D eigenvalue weighted by atomic mass is 32.1. The maximum atomic E-state index is 12.6. The number of nitrogens with one attached hydrogen (secondary N) is 2. The van der Waals surface area contributed by atoms with Gasteiger partial charge in [0.05, 0.1) is 31.4 Å². The molecule has 3 aromatic rings. The third-order valence-electron chi connectivity index (χ3n) is 5.15. The third-order valence-corrected chi connectivity index (χ3v) is 6.05. The van der Waals surface area contributed by atoms with Crippen LogP contribution in [0.3, 0.4) is 0 Å². The normalized spacial score (nSPS) is 14.6. The second kappa shape index (κ2) is 10.3. The van der Waals surface area contributed by atoms with E-state index in [0.29, 0.717) is 5.69 Å². The van der Waals surface area contributed by atoms with Crippen LogP contribution in [0.2, 0.25) is 0 Å². The average Bonchev–Trinajstić information content (AvgIpc) is 3.30. The van der Waals surface area contributed by atoms with Crippen LogP contribution in [0.25, 0.3) is 11.3 Å². The fraction of sp³-hybridized carbons (Fsp3) is 0.261. The first-order valence-electron chi connectivity index (χ1n) is 10.4. The predicted molar refractivity (Wildman–Crippen MR) is 126 cm³/mol. The van der Waals surface area contributed by atoms with Crippen molar-refractivity contribution in [1.29, 1.82) is 0 Å². The van der Waals surface area contributed by atoms with Crippen LogP contribution in [0.15, 0.2) is 60.0 Å². The van der Waals surface area contributed by atoms with Gasteiger partial charge in [0, 0.05) is 29.7 Å². The Hall–Kier alpha value is -3.43. The molecule has 2 heterocycles. The van der Waals surface area contributed by atoms with Crippen LogP contribution in [0, 0.1) is 0 Å². The lowest BCUT2D eigenvalue weighted by Crippen LogP contribution is -2.36. The molecule has 0 aliphatic carbocycles. The summed E-state index contributed by atoms with van der Waals surface area (Å²) in [6.07, 6.45) is 0.0731. The number of urea groups is 1. The van der Waals surface area contributed by atoms with Gasteiger partial charge in [-0.3, -0.25) is 4.79 Å². The number of hydrogen-bond donors (Lipinski definition) is 3. The number of carbonyl (C=O) groups is 2. The zero-order valence-corrected chi connectivity index (χ0v) is 18.3. The number of thiazole rings is 1. The van der Waals surface area contributed by atoms with Crippen LogP contribution in [0.1, 0.15) is 18.0 Å². The van der Waals surface area contributed by atoms with Gasteiger partial charge in [-0.15, -0.1) is 11.3 Å². The molecule has 166 valence electrons. The molecule has 0 saturated carbocycles. The Bertz CT molecular complexity index is 1050. The first-order valence-corrected chi connectivity index (χ1v) is 11.3. The number of primary amides is 1. The molecule has 4 N–H and O–H groups in total. The SMILES string of the molecule is NC(=O)NC(CC(=O)Nc1ccc(-c2csc(N3CCOCC3)n2)cc1)c1ccccc1. The maximum Gasteiger partial charge on any atom is 0.312 e. The number of nitrogens with two attached hydrogens (primary N) is 1. The quantitative estimate of drug-likeness (QED) is 0.510. The van der Waals surface area contributed by atoms with Gasteiger partial charge in [0.2, 0.25) is 5.91 Å². The summed E-state index contributed by atoms with van der Waals surface area (Å²) in [5, 5.41) is 8.55. The molecule has 3 amide bonds. The third kappa shape index (κ3) is 5.63. The van der Waals surface area contributed by atoms with Crippen molar-refractivity contribution in [2.45, 2.75) is 12.5 Å². The molecule has 0 bridgehead atoms. The number of benzene rings is 2. The summed E-state index contributed by atoms with van der Waals surface area (Å²) in [4.78, 5) is 30.9. The Morgan fingerprint density at radius 2 is 1.81 bits per heavy atom. The van der Waals surface area contributed by atoms with Crippen molar-refractivity contribution in [3.63, 3.8) is 0 Å². The van der Waals surface area contributed by atoms with Crippen LogP contribution in [-0.2, 0) is 9.53 Å². The fourth-order valence-corrected chi connectivity index (χ4v) is 4.42. The van der Waals surface area contributed by atoms with Gasteiger partial charge in [-0.25, -0.2) is 9.78 Å². The van der Waals surface area contributed by atoms with Crippen molar-refractivity contribution in [2.24, 2.45) is 5.73 Å². The molecule has 1 aliphatic heterocycles. The number of morpholine rings is 1. The highest BCUT2D eigenvalue weighted by molar-refractivity contribution is 7.14. The molecule has 1 atom stereocenters. The Labute approximate surface area is 190 Å². The highest BCUT2D eigenvalue weighted by Crippen LogP contribution is 2.29. The fourth-order valence-electron chi connectivity index (χ4n) is 3.53. The molecular weight excluding hydrogens is 426 g/mol. The number of ether oxygens (including phenoxy) is 1. The minimum Gasteiger partial charge on any atom is -0.378 e. The van der Waals surface area contributed by atoms with Crippen molar-refractivity contribution in [1.82, 2.24) is 10.3 Å². The van der Waals surface area contributed by atoms with Crippen molar-refractivity contribution in [3.8, 4) is 11.3 Å². The van der Waals surface area contributed by atoms with Crippen LogP contribution in [0.5, 0.6) is 0 Å². The van der Waals surface area contributed by atoms with E-state index in [1.165, 1.54) is 0 Å². The Morgan fingerprint density at radius 1 is 1.09 bits per heavy atom. The molecule has 0 radical (unpaired) electrons. The van der Waals surface area contributed by atoms with Gasteiger partial charge in [-0.05, 0) is 17.7 Å². The second-order valence-corrected chi connectivity index (χ2v) is 8.25. The number of aromatic nitrogens is 1. The number of nitrogens with zero attached hydrogens (tertiary/aromatic N) is 2. The lowest BCUT2D eigenvalue weighted by molar-refractivity contribution is -0.116. The zero-order chi connectivity index (χ0) is 22.3. The van der Waals surface area contributed by atoms with E-state index in [4.69, 9.17) is 15.5 Å². The molecule has 2 aromatic carbocycles. The van der Waals surface area contributed by atoms with Crippen LogP contribution >= 0.6 is 11.3 Å². The summed E-state index contributed by atoms with van der Waals surface area (Å²) in [6.45, 7) is 3.16. The van der Waals surface area contributed by atoms with Crippen LogP contribution < -0.4 is 21.3 Å². The van der Waals surface area contributed by atoms with E-state index in [1.54, 1.807) is 11.3 Å². The standard InChI is InChI=1S/C23H25N5O3S/c24-22(30)26-19(16-4-2-1-3-5-16)14-21(29)25-18-8-6-17(7-9-18)20-15-32-23(27-20)28-10-12-31-13-11-28/h1-9,15,19H,10-14H2,(H,25,29)(H3,24,26,30). The Kier molecular flexibility index (Phi) is 6.98. The minimum atomic E-state index is -0.671. The second-order valence-electron chi connectivity index (χ2n) is 7.42. The zero-order valence-electron chi connectivity index (χ0n) is 17.5. The van der Waals surface area contributed by atoms with Gasteiger partial charge in [0.25, 0.3) is 0 Å². The molecule has 1 aliphatic rings. The largest absolute Gasteiger partial charge is 0.378 e. The molecule has 0 spiro atoms. The molecule has 1 fully saturated rings. The molecule has 1 saturated heterocycles. The summed E-state index contributed by atoms with van der Waals surface area (Å²) < 4.78 is 5.40. The molecule has 1 unspecified atom stereocenters. The van der Waals surface area contributed by atoms with Gasteiger partial charge >= 0.3 is 6.03 Å². The monoisotopic (exact) mass is 451 g/mol. The average molecular weight is 452 g/mol. The smallest absolute Gasteiger partial charge is 0.312 e. The summed E-state index contributed by atoms with van der Waals surface area (Å²) in [7, 11) is 0. The summed E-state index contributed by atoms with van der Waals surface area (Å²) >= 11 is 1.62. The number of amides is 3. The van der Waals surface area contributed by atoms with Gasteiger partial charge in [0.1, 0.15) is 0 Å². The molecular formula is C23H25N5O3S. The van der Waals surface area contributed by atoms with E-state index in [9.17, 15) is 9.59 Å². The molecule has 1 aromatic heterocycles. The highest BCUT2D eigenvalue weighted by Gasteiger charge is 2.18. The first-order chi connectivity index (χ1) is 15.6. The Balaban J connectivity index is 1.38. The molecule has 9 heteroatoms. The molecule has 4 rings (SSSR count). The molecule has 8 nitrogen and oxygen atoms in total. The van der Waals surface area contributed by atoms with E-state index in [2.05, 4.69) is 15.5 Å². The number of anilines is 2. The van der Waals surface area contributed by atoms with E-state index in [-0.39, 0.29) is 12.3 Å². The predicted octanol–water partition coefficient (Wildman–Crippen LogP) is 3.38. The number of carbonyl (C=O) groups excluding carboxylic acids is 2. The van der Waals surface area contributed by atoms with Gasteiger partial charge in [-0.2, -0.15) is 0 Å². The maximum absolute atomic E-state index is 12.6. The van der Waals surface area contributed by atoms with Crippen LogP contribution in [0.4, 0.5) is 15.6 Å². The van der Waals surface area contributed by atoms with Gasteiger partial charge in [-0.1, -0.05) is 42.5 Å². The van der Waals surface area contributed by atoms with Crippen LogP contribution in [-0.4, -0.2) is 43.2 Å². The first kappa shape index (κ1) is 21.8. The summed E-state index contributed by atoms with van der Waals surface area (Å²) in [6, 6.07) is 15.7. The van der Waals surface area contributed by atoms with Gasteiger partial charge < -0.3 is 26.0 Å². The molecule has 32 heavy (non-hydrogen) atoms. The van der Waals surface area contributed by atoms with E-state index in [0.717, 1.165) is 48.3 Å². The number of hydrogen-bond acceptors (Lipinski definition) is 6. The summed E-state index contributed by atoms with van der Waals surface area (Å²) in [5.74, 6) is -0.219. The topological polar surface area (TPSA) is 110 Å². The lowest BCUT2D eigenvalue weighted by Gasteiger charge is -2.26.